The van der Waals surface area contributed by atoms with Crippen molar-refractivity contribution in [1.82, 2.24) is 0 Å². The van der Waals surface area contributed by atoms with E-state index in [1.807, 2.05) is 0 Å². The molecule has 1 aromatic carbocycles. The van der Waals surface area contributed by atoms with E-state index in [0.29, 0.717) is 5.56 Å². The first-order chi connectivity index (χ1) is 10.5. The number of benzene rings is 1. The SMILES string of the molecule is O=C1CCc2c(O)c3c(c(O)c2C1)C(=O)c1ccsc1C3=O. The van der Waals surface area contributed by atoms with Crippen LogP contribution in [0, 0.1) is 0 Å². The van der Waals surface area contributed by atoms with Gasteiger partial charge in [-0.05, 0) is 17.9 Å². The number of carbonyl (C=O) groups excluding carboxylic acids is 3. The molecule has 4 rings (SSSR count). The van der Waals surface area contributed by atoms with Gasteiger partial charge < -0.3 is 10.2 Å². The van der Waals surface area contributed by atoms with E-state index in [0.717, 1.165) is 11.3 Å². The number of phenolic OH excluding ortho intramolecular Hbond substituents is 2. The van der Waals surface area contributed by atoms with E-state index in [1.165, 1.54) is 6.07 Å². The van der Waals surface area contributed by atoms with Crippen LogP contribution in [0.5, 0.6) is 11.5 Å². The van der Waals surface area contributed by atoms with Crippen LogP contribution < -0.4 is 0 Å². The number of hydrogen-bond acceptors (Lipinski definition) is 6. The third kappa shape index (κ3) is 1.50. The molecule has 0 saturated carbocycles. The van der Waals surface area contributed by atoms with Crippen LogP contribution in [-0.2, 0) is 17.6 Å². The van der Waals surface area contributed by atoms with Crippen LogP contribution in [0.1, 0.15) is 48.7 Å². The van der Waals surface area contributed by atoms with Crippen molar-refractivity contribution in [1.29, 1.82) is 0 Å². The second-order valence-corrected chi connectivity index (χ2v) is 6.36. The Morgan fingerprint density at radius 3 is 2.36 bits per heavy atom. The summed E-state index contributed by atoms with van der Waals surface area (Å²) in [7, 11) is 0. The predicted molar refractivity (Wildman–Crippen MR) is 78.0 cm³/mol. The van der Waals surface area contributed by atoms with Crippen LogP contribution in [0.4, 0.5) is 0 Å². The number of thiophene rings is 1. The molecule has 1 aromatic heterocycles. The molecular weight excluding hydrogens is 304 g/mol. The Morgan fingerprint density at radius 2 is 1.59 bits per heavy atom. The Hall–Kier alpha value is -2.47. The van der Waals surface area contributed by atoms with Gasteiger partial charge in [-0.15, -0.1) is 11.3 Å². The van der Waals surface area contributed by atoms with E-state index in [-0.39, 0.29) is 63.7 Å². The number of fused-ring (bicyclic) bond motifs is 3. The topological polar surface area (TPSA) is 91.7 Å². The molecule has 0 saturated heterocycles. The second kappa shape index (κ2) is 4.27. The average molecular weight is 314 g/mol. The fraction of sp³-hybridized carbons (Fsp3) is 0.188. The minimum absolute atomic E-state index is 0.0278. The van der Waals surface area contributed by atoms with E-state index < -0.39 is 11.6 Å². The van der Waals surface area contributed by atoms with E-state index in [4.69, 9.17) is 0 Å². The first-order valence-corrected chi connectivity index (χ1v) is 7.67. The quantitative estimate of drug-likeness (QED) is 0.619. The molecule has 2 aliphatic carbocycles. The summed E-state index contributed by atoms with van der Waals surface area (Å²) in [5, 5.41) is 22.5. The van der Waals surface area contributed by atoms with Gasteiger partial charge in [0.2, 0.25) is 5.78 Å². The Labute approximate surface area is 128 Å². The number of rotatable bonds is 0. The van der Waals surface area contributed by atoms with Gasteiger partial charge in [0.15, 0.2) is 5.78 Å². The highest BCUT2D eigenvalue weighted by Gasteiger charge is 2.39. The normalized spacial score (nSPS) is 16.3. The summed E-state index contributed by atoms with van der Waals surface area (Å²) in [4.78, 5) is 37.0. The highest BCUT2D eigenvalue weighted by atomic mass is 32.1. The zero-order valence-corrected chi connectivity index (χ0v) is 12.1. The van der Waals surface area contributed by atoms with E-state index >= 15 is 0 Å². The van der Waals surface area contributed by atoms with E-state index in [1.54, 1.807) is 5.38 Å². The maximum atomic E-state index is 12.6. The summed E-state index contributed by atoms with van der Waals surface area (Å²) in [6.07, 6.45) is 0.491. The minimum Gasteiger partial charge on any atom is -0.507 e. The van der Waals surface area contributed by atoms with Crippen molar-refractivity contribution in [3.63, 3.8) is 0 Å². The summed E-state index contributed by atoms with van der Waals surface area (Å²) in [5.41, 5.74) is 0.594. The molecule has 5 nitrogen and oxygen atoms in total. The molecule has 0 fully saturated rings. The monoisotopic (exact) mass is 314 g/mol. The zero-order valence-electron chi connectivity index (χ0n) is 11.3. The first-order valence-electron chi connectivity index (χ1n) is 6.79. The molecule has 2 N–H and O–H groups in total. The van der Waals surface area contributed by atoms with Crippen molar-refractivity contribution in [2.45, 2.75) is 19.3 Å². The largest absolute Gasteiger partial charge is 0.507 e. The molecule has 6 heteroatoms. The lowest BCUT2D eigenvalue weighted by Gasteiger charge is -2.24. The predicted octanol–water partition coefficient (Wildman–Crippen LogP) is 1.99. The molecule has 1 heterocycles. The summed E-state index contributed by atoms with van der Waals surface area (Å²) in [5.74, 6) is -1.61. The Bertz CT molecular complexity index is 890. The van der Waals surface area contributed by atoms with Gasteiger partial charge in [-0.3, -0.25) is 14.4 Å². The standard InChI is InChI=1S/C16H10O5S/c17-6-1-2-7-9(5-6)14(20)10-11(12(7)18)15(21)16-8(13(10)19)3-4-22-16/h3-4,18,20H,1-2,5H2. The van der Waals surface area contributed by atoms with Gasteiger partial charge in [0.25, 0.3) is 0 Å². The van der Waals surface area contributed by atoms with Gasteiger partial charge in [-0.25, -0.2) is 0 Å². The lowest BCUT2D eigenvalue weighted by molar-refractivity contribution is -0.118. The fourth-order valence-electron chi connectivity index (χ4n) is 3.19. The van der Waals surface area contributed by atoms with Crippen LogP contribution in [0.15, 0.2) is 11.4 Å². The lowest BCUT2D eigenvalue weighted by atomic mass is 9.80. The first kappa shape index (κ1) is 13.2. The number of carbonyl (C=O) groups is 3. The summed E-state index contributed by atoms with van der Waals surface area (Å²) >= 11 is 1.14. The van der Waals surface area contributed by atoms with Gasteiger partial charge in [0.1, 0.15) is 17.3 Å². The Morgan fingerprint density at radius 1 is 0.909 bits per heavy atom. The lowest BCUT2D eigenvalue weighted by Crippen LogP contribution is -2.23. The maximum Gasteiger partial charge on any atom is 0.208 e. The van der Waals surface area contributed by atoms with Crippen LogP contribution in [0.3, 0.4) is 0 Å². The molecule has 2 aliphatic rings. The van der Waals surface area contributed by atoms with Crippen molar-refractivity contribution in [3.8, 4) is 11.5 Å². The third-order valence-electron chi connectivity index (χ3n) is 4.26. The fourth-order valence-corrected chi connectivity index (χ4v) is 4.03. The van der Waals surface area contributed by atoms with E-state index in [9.17, 15) is 24.6 Å². The smallest absolute Gasteiger partial charge is 0.208 e. The molecule has 0 radical (unpaired) electrons. The van der Waals surface area contributed by atoms with Crippen molar-refractivity contribution in [3.05, 3.63) is 44.1 Å². The zero-order chi connectivity index (χ0) is 15.6. The van der Waals surface area contributed by atoms with Gasteiger partial charge in [-0.2, -0.15) is 0 Å². The molecule has 0 unspecified atom stereocenters. The Balaban J connectivity index is 2.08. The molecule has 0 amide bonds. The summed E-state index contributed by atoms with van der Waals surface area (Å²) in [6, 6.07) is 1.53. The van der Waals surface area contributed by atoms with Crippen LogP contribution in [-0.4, -0.2) is 27.6 Å². The third-order valence-corrected chi connectivity index (χ3v) is 5.17. The highest BCUT2D eigenvalue weighted by molar-refractivity contribution is 7.12. The van der Waals surface area contributed by atoms with Gasteiger partial charge in [-0.1, -0.05) is 0 Å². The number of hydrogen-bond donors (Lipinski definition) is 2. The van der Waals surface area contributed by atoms with Crippen LogP contribution >= 0.6 is 11.3 Å². The summed E-state index contributed by atoms with van der Waals surface area (Å²) < 4.78 is 0. The minimum atomic E-state index is -0.487. The van der Waals surface area contributed by atoms with E-state index in [2.05, 4.69) is 0 Å². The molecule has 22 heavy (non-hydrogen) atoms. The van der Waals surface area contributed by atoms with Crippen molar-refractivity contribution < 1.29 is 24.6 Å². The number of ketones is 3. The molecule has 0 aliphatic heterocycles. The molecule has 110 valence electrons. The van der Waals surface area contributed by atoms with Crippen molar-refractivity contribution in [2.24, 2.45) is 0 Å². The van der Waals surface area contributed by atoms with Crippen molar-refractivity contribution in [2.75, 3.05) is 0 Å². The van der Waals surface area contributed by atoms with Gasteiger partial charge in [0.05, 0.1) is 16.0 Å². The summed E-state index contributed by atoms with van der Waals surface area (Å²) in [6.45, 7) is 0. The molecule has 0 atom stereocenters. The highest BCUT2D eigenvalue weighted by Crippen LogP contribution is 2.45. The number of phenols is 2. The second-order valence-electron chi connectivity index (χ2n) is 5.44. The molecular formula is C16H10O5S. The van der Waals surface area contributed by atoms with Crippen LogP contribution in [0.2, 0.25) is 0 Å². The van der Waals surface area contributed by atoms with Crippen molar-refractivity contribution >= 4 is 28.7 Å². The van der Waals surface area contributed by atoms with Crippen LogP contribution in [0.25, 0.3) is 0 Å². The molecule has 0 bridgehead atoms. The number of Topliss-reactive ketones (excluding diaryl/α,β-unsaturated/α-hetero) is 1. The molecule has 0 spiro atoms. The van der Waals surface area contributed by atoms with Gasteiger partial charge in [0, 0.05) is 29.5 Å². The van der Waals surface area contributed by atoms with Gasteiger partial charge >= 0.3 is 0 Å². The average Bonchev–Trinajstić information content (AvgIpc) is 2.98. The number of aromatic hydroxyl groups is 2. The maximum absolute atomic E-state index is 12.6. The Kier molecular flexibility index (Phi) is 2.56. The molecule has 2 aromatic rings.